The molecule has 0 unspecified atom stereocenters. The third-order valence-corrected chi connectivity index (χ3v) is 5.55. The van der Waals surface area contributed by atoms with Gasteiger partial charge in [-0.3, -0.25) is 9.78 Å². The topological polar surface area (TPSA) is 72.1 Å². The van der Waals surface area contributed by atoms with E-state index in [1.807, 2.05) is 4.90 Å². The zero-order valence-corrected chi connectivity index (χ0v) is 14.9. The molecule has 1 aliphatic rings. The number of rotatable bonds is 4. The Labute approximate surface area is 146 Å². The highest BCUT2D eigenvalue weighted by atomic mass is 32.1. The summed E-state index contributed by atoms with van der Waals surface area (Å²) in [5.74, 6) is 1.27. The first-order valence-corrected chi connectivity index (χ1v) is 9.31. The Morgan fingerprint density at radius 2 is 2.17 bits per heavy atom. The van der Waals surface area contributed by atoms with Crippen LogP contribution in [0.25, 0.3) is 0 Å². The van der Waals surface area contributed by atoms with Crippen LogP contribution in [0, 0.1) is 12.8 Å². The number of carbonyl (C=O) groups excluding carboxylic acids is 1. The van der Waals surface area contributed by atoms with Gasteiger partial charge >= 0.3 is 0 Å². The molecule has 0 aromatic carbocycles. The molecule has 0 bridgehead atoms. The summed E-state index contributed by atoms with van der Waals surface area (Å²) in [6.07, 6.45) is 8.05. The van der Waals surface area contributed by atoms with Crippen molar-refractivity contribution in [2.45, 2.75) is 39.0 Å². The van der Waals surface area contributed by atoms with E-state index in [9.17, 15) is 4.79 Å². The molecule has 3 heterocycles. The normalized spacial score (nSPS) is 18.4. The van der Waals surface area contributed by atoms with E-state index in [2.05, 4.69) is 29.0 Å². The van der Waals surface area contributed by atoms with Gasteiger partial charge in [0.15, 0.2) is 0 Å². The molecule has 3 rings (SSSR count). The van der Waals surface area contributed by atoms with Crippen molar-refractivity contribution in [2.75, 3.05) is 18.8 Å². The summed E-state index contributed by atoms with van der Waals surface area (Å²) in [7, 11) is 0. The highest BCUT2D eigenvalue weighted by Crippen LogP contribution is 2.22. The first-order valence-electron chi connectivity index (χ1n) is 8.49. The van der Waals surface area contributed by atoms with Crippen LogP contribution in [0.3, 0.4) is 0 Å². The van der Waals surface area contributed by atoms with Gasteiger partial charge in [0.05, 0.1) is 24.5 Å². The number of nitrogen functional groups attached to an aromatic ring is 1. The van der Waals surface area contributed by atoms with Gasteiger partial charge in [0, 0.05) is 22.8 Å². The molecule has 24 heavy (non-hydrogen) atoms. The molecule has 0 spiro atoms. The zero-order valence-electron chi connectivity index (χ0n) is 14.1. The number of aryl methyl sites for hydroxylation is 1. The largest absolute Gasteiger partial charge is 0.382 e. The Morgan fingerprint density at radius 3 is 2.88 bits per heavy atom. The highest BCUT2D eigenvalue weighted by Gasteiger charge is 2.21. The molecule has 1 aliphatic heterocycles. The van der Waals surface area contributed by atoms with Crippen LogP contribution in [0.2, 0.25) is 0 Å². The number of hydrogen-bond acceptors (Lipinski definition) is 5. The summed E-state index contributed by atoms with van der Waals surface area (Å²) < 4.78 is 0. The molecule has 2 aromatic heterocycles. The van der Waals surface area contributed by atoms with Gasteiger partial charge in [-0.05, 0) is 50.7 Å². The van der Waals surface area contributed by atoms with Gasteiger partial charge in [-0.2, -0.15) is 0 Å². The average molecular weight is 344 g/mol. The smallest absolute Gasteiger partial charge is 0.227 e. The molecule has 0 aliphatic carbocycles. The maximum Gasteiger partial charge on any atom is 0.227 e. The minimum Gasteiger partial charge on any atom is -0.382 e. The molecule has 6 heteroatoms. The number of hydrogen-bond donors (Lipinski definition) is 1. The molecule has 0 saturated carbocycles. The minimum absolute atomic E-state index is 0.254. The molecule has 0 radical (unpaired) electrons. The standard InChI is InChI=1S/C18H24N4OS/c1-13-4-5-16(24-13)10-18(23)22-7-2-3-14(6-8-22)9-15-11-21-17(19)12-20-15/h4-5,11-12,14H,2-3,6-10H2,1H3,(H2,19,21)/t14-/m1/s1. The fraction of sp³-hybridized carbons (Fsp3) is 0.500. The van der Waals surface area contributed by atoms with Gasteiger partial charge in [0.25, 0.3) is 0 Å². The number of anilines is 1. The lowest BCUT2D eigenvalue weighted by Crippen LogP contribution is -2.33. The summed E-state index contributed by atoms with van der Waals surface area (Å²) in [4.78, 5) is 25.4. The Balaban J connectivity index is 1.52. The van der Waals surface area contributed by atoms with E-state index in [1.54, 1.807) is 23.7 Å². The second-order valence-electron chi connectivity index (χ2n) is 6.50. The van der Waals surface area contributed by atoms with Gasteiger partial charge in [0.1, 0.15) is 5.82 Å². The SMILES string of the molecule is Cc1ccc(CC(=O)N2CCC[C@@H](Cc3cnc(N)cn3)CC2)s1. The van der Waals surface area contributed by atoms with Crippen molar-refractivity contribution in [3.8, 4) is 0 Å². The maximum absolute atomic E-state index is 12.5. The van der Waals surface area contributed by atoms with Crippen molar-refractivity contribution in [1.82, 2.24) is 14.9 Å². The summed E-state index contributed by atoms with van der Waals surface area (Å²) in [6.45, 7) is 3.79. The Hall–Kier alpha value is -1.95. The van der Waals surface area contributed by atoms with Crippen molar-refractivity contribution in [3.63, 3.8) is 0 Å². The van der Waals surface area contributed by atoms with Crippen LogP contribution in [0.15, 0.2) is 24.5 Å². The van der Waals surface area contributed by atoms with E-state index in [-0.39, 0.29) is 5.91 Å². The number of nitrogens with two attached hydrogens (primary N) is 1. The first kappa shape index (κ1) is 16.9. The van der Waals surface area contributed by atoms with Crippen LogP contribution in [-0.4, -0.2) is 33.9 Å². The molecule has 1 atom stereocenters. The Kier molecular flexibility index (Phi) is 5.45. The lowest BCUT2D eigenvalue weighted by molar-refractivity contribution is -0.130. The van der Waals surface area contributed by atoms with Gasteiger partial charge < -0.3 is 10.6 Å². The van der Waals surface area contributed by atoms with E-state index in [1.165, 1.54) is 4.88 Å². The van der Waals surface area contributed by atoms with Gasteiger partial charge in [-0.1, -0.05) is 0 Å². The molecule has 1 amide bonds. The van der Waals surface area contributed by atoms with Crippen LogP contribution in [-0.2, 0) is 17.6 Å². The summed E-state index contributed by atoms with van der Waals surface area (Å²) in [5, 5.41) is 0. The highest BCUT2D eigenvalue weighted by molar-refractivity contribution is 7.12. The minimum atomic E-state index is 0.254. The van der Waals surface area contributed by atoms with E-state index in [0.29, 0.717) is 18.2 Å². The van der Waals surface area contributed by atoms with Crippen LogP contribution in [0.5, 0.6) is 0 Å². The Morgan fingerprint density at radius 1 is 1.29 bits per heavy atom. The molecular weight excluding hydrogens is 320 g/mol. The summed E-state index contributed by atoms with van der Waals surface area (Å²) >= 11 is 1.72. The second kappa shape index (κ2) is 7.75. The predicted molar refractivity (Wildman–Crippen MR) is 96.8 cm³/mol. The van der Waals surface area contributed by atoms with Crippen LogP contribution in [0.4, 0.5) is 5.82 Å². The van der Waals surface area contributed by atoms with Crippen molar-refractivity contribution in [1.29, 1.82) is 0 Å². The molecule has 128 valence electrons. The fourth-order valence-electron chi connectivity index (χ4n) is 3.23. The summed E-state index contributed by atoms with van der Waals surface area (Å²) in [5.41, 5.74) is 6.57. The quantitative estimate of drug-likeness (QED) is 0.926. The van der Waals surface area contributed by atoms with E-state index in [4.69, 9.17) is 5.73 Å². The van der Waals surface area contributed by atoms with Crippen LogP contribution in [0.1, 0.15) is 34.7 Å². The fourth-order valence-corrected chi connectivity index (χ4v) is 4.11. The van der Waals surface area contributed by atoms with E-state index >= 15 is 0 Å². The molecular formula is C18H24N4OS. The van der Waals surface area contributed by atoms with Gasteiger partial charge in [-0.25, -0.2) is 4.98 Å². The average Bonchev–Trinajstić information content (AvgIpc) is 2.83. The van der Waals surface area contributed by atoms with Crippen molar-refractivity contribution < 1.29 is 4.79 Å². The predicted octanol–water partition coefficient (Wildman–Crippen LogP) is 2.84. The molecule has 2 N–H and O–H groups in total. The number of aromatic nitrogens is 2. The lowest BCUT2D eigenvalue weighted by Gasteiger charge is -2.20. The van der Waals surface area contributed by atoms with Crippen molar-refractivity contribution in [2.24, 2.45) is 5.92 Å². The third-order valence-electron chi connectivity index (χ3n) is 4.54. The van der Waals surface area contributed by atoms with Crippen LogP contribution >= 0.6 is 11.3 Å². The van der Waals surface area contributed by atoms with E-state index in [0.717, 1.165) is 49.3 Å². The molecule has 2 aromatic rings. The molecule has 5 nitrogen and oxygen atoms in total. The van der Waals surface area contributed by atoms with Crippen LogP contribution < -0.4 is 5.73 Å². The molecule has 1 saturated heterocycles. The second-order valence-corrected chi connectivity index (χ2v) is 7.88. The maximum atomic E-state index is 12.5. The number of nitrogens with zero attached hydrogens (tertiary/aromatic N) is 3. The first-order chi connectivity index (χ1) is 11.6. The third kappa shape index (κ3) is 4.54. The van der Waals surface area contributed by atoms with Gasteiger partial charge in [-0.15, -0.1) is 11.3 Å². The number of amides is 1. The molecule has 1 fully saturated rings. The number of carbonyl (C=O) groups is 1. The van der Waals surface area contributed by atoms with Gasteiger partial charge in [0.2, 0.25) is 5.91 Å². The summed E-state index contributed by atoms with van der Waals surface area (Å²) in [6, 6.07) is 4.15. The Bertz CT molecular complexity index is 683. The lowest BCUT2D eigenvalue weighted by atomic mass is 9.95. The van der Waals surface area contributed by atoms with Crippen molar-refractivity contribution in [3.05, 3.63) is 40.0 Å². The van der Waals surface area contributed by atoms with E-state index < -0.39 is 0 Å². The monoisotopic (exact) mass is 344 g/mol. The van der Waals surface area contributed by atoms with Crippen molar-refractivity contribution >= 4 is 23.1 Å². The number of likely N-dealkylation sites (tertiary alicyclic amines) is 1. The number of thiophene rings is 1. The zero-order chi connectivity index (χ0) is 16.9.